The Labute approximate surface area is 348 Å². The van der Waals surface area contributed by atoms with Gasteiger partial charge in [-0.25, -0.2) is 9.18 Å². The molecule has 13 heteroatoms. The maximum Gasteiger partial charge on any atom is 0.407 e. The molecular formula is C46H57FN6O5Si. The molecule has 2 aromatic carbocycles. The van der Waals surface area contributed by atoms with Crippen LogP contribution >= 0.6 is 0 Å². The molecule has 59 heavy (non-hydrogen) atoms. The van der Waals surface area contributed by atoms with Gasteiger partial charge < -0.3 is 24.2 Å². The van der Waals surface area contributed by atoms with Crippen molar-refractivity contribution in [2.75, 3.05) is 51.6 Å². The molecule has 0 spiro atoms. The number of hydrogen-bond acceptors (Lipinski definition) is 9. The quantitative estimate of drug-likeness (QED) is 0.0681. The zero-order valence-electron chi connectivity index (χ0n) is 35.5. The summed E-state index contributed by atoms with van der Waals surface area (Å²) in [5, 5.41) is 12.1. The van der Waals surface area contributed by atoms with E-state index in [1.165, 1.54) is 5.57 Å². The van der Waals surface area contributed by atoms with Crippen LogP contribution in [0.3, 0.4) is 0 Å². The van der Waals surface area contributed by atoms with Crippen LogP contribution in [0.25, 0.3) is 32.9 Å². The predicted octanol–water partition coefficient (Wildman–Crippen LogP) is 9.04. The third-order valence-electron chi connectivity index (χ3n) is 13.7. The van der Waals surface area contributed by atoms with Crippen molar-refractivity contribution in [1.82, 2.24) is 24.8 Å². The van der Waals surface area contributed by atoms with Crippen LogP contribution < -0.4 is 14.4 Å². The Kier molecular flexibility index (Phi) is 11.1. The van der Waals surface area contributed by atoms with Crippen LogP contribution in [0.15, 0.2) is 48.7 Å². The van der Waals surface area contributed by atoms with Gasteiger partial charge in [-0.3, -0.25) is 14.8 Å². The van der Waals surface area contributed by atoms with Crippen LogP contribution in [0.4, 0.5) is 15.0 Å². The first kappa shape index (κ1) is 41.0. The summed E-state index contributed by atoms with van der Waals surface area (Å²) in [5.41, 5.74) is 7.71. The summed E-state index contributed by atoms with van der Waals surface area (Å²) in [4.78, 5) is 32.9. The summed E-state index contributed by atoms with van der Waals surface area (Å²) in [5.74, 6) is 4.03. The van der Waals surface area contributed by atoms with Gasteiger partial charge >= 0.3 is 12.1 Å². The van der Waals surface area contributed by atoms with Gasteiger partial charge in [-0.05, 0) is 78.9 Å². The number of rotatable bonds is 11. The predicted molar refractivity (Wildman–Crippen MR) is 232 cm³/mol. The molecule has 4 saturated heterocycles. The van der Waals surface area contributed by atoms with Crippen molar-refractivity contribution in [3.05, 3.63) is 60.1 Å². The molecule has 2 aromatic heterocycles. The molecule has 4 fully saturated rings. The number of fused-ring (bicyclic) bond motifs is 5. The van der Waals surface area contributed by atoms with E-state index in [2.05, 4.69) is 69.4 Å². The van der Waals surface area contributed by atoms with Crippen LogP contribution in [0, 0.1) is 17.3 Å². The molecule has 2 bridgehead atoms. The molecular weight excluding hydrogens is 764 g/mol. The minimum absolute atomic E-state index is 0.0179. The van der Waals surface area contributed by atoms with E-state index >= 15 is 4.39 Å². The molecule has 3 atom stereocenters. The minimum Gasteiger partial charge on any atom is -0.468 e. The largest absolute Gasteiger partial charge is 0.468 e. The number of amides is 1. The lowest BCUT2D eigenvalue weighted by Gasteiger charge is -2.40. The topological polar surface area (TPSA) is 113 Å². The molecule has 1 N–H and O–H groups in total. The molecule has 0 saturated carbocycles. The van der Waals surface area contributed by atoms with Crippen molar-refractivity contribution in [1.29, 1.82) is 0 Å². The number of carbonyl (C=O) groups is 1. The van der Waals surface area contributed by atoms with Crippen molar-refractivity contribution in [3.63, 3.8) is 0 Å². The van der Waals surface area contributed by atoms with Crippen molar-refractivity contribution in [2.45, 2.75) is 108 Å². The van der Waals surface area contributed by atoms with Crippen LogP contribution in [-0.2, 0) is 4.74 Å². The fourth-order valence-electron chi connectivity index (χ4n) is 11.1. The molecule has 6 heterocycles. The van der Waals surface area contributed by atoms with E-state index in [1.54, 1.807) is 18.2 Å². The van der Waals surface area contributed by atoms with E-state index in [0.29, 0.717) is 58.8 Å². The fourth-order valence-corrected chi connectivity index (χ4v) is 16.3. The number of pyridine rings is 1. The molecule has 1 unspecified atom stereocenters. The number of aromatic nitrogens is 3. The van der Waals surface area contributed by atoms with Crippen LogP contribution in [0.1, 0.15) is 79.2 Å². The first-order chi connectivity index (χ1) is 28.3. The zero-order chi connectivity index (χ0) is 41.8. The van der Waals surface area contributed by atoms with E-state index in [-0.39, 0.29) is 41.6 Å². The highest BCUT2D eigenvalue weighted by Crippen LogP contribution is 2.44. The van der Waals surface area contributed by atoms with Crippen LogP contribution in [0.2, 0.25) is 16.6 Å². The Morgan fingerprint density at radius 2 is 1.80 bits per heavy atom. The molecule has 4 aliphatic heterocycles. The summed E-state index contributed by atoms with van der Waals surface area (Å²) < 4.78 is 35.5. The second kappa shape index (κ2) is 16.0. The number of piperazine rings is 1. The Morgan fingerprint density at radius 3 is 2.47 bits per heavy atom. The smallest absolute Gasteiger partial charge is 0.407 e. The summed E-state index contributed by atoms with van der Waals surface area (Å²) in [6, 6.07) is 9.41. The monoisotopic (exact) mass is 820 g/mol. The third kappa shape index (κ3) is 7.21. The maximum absolute atomic E-state index is 17.7. The Balaban J connectivity index is 1.29. The van der Waals surface area contributed by atoms with Gasteiger partial charge in [0.2, 0.25) is 0 Å². The van der Waals surface area contributed by atoms with Gasteiger partial charge in [-0.1, -0.05) is 71.7 Å². The third-order valence-corrected chi connectivity index (χ3v) is 20.0. The average Bonchev–Trinajstić information content (AvgIpc) is 3.82. The molecule has 0 radical (unpaired) electrons. The highest BCUT2D eigenvalue weighted by molar-refractivity contribution is 6.90. The number of anilines is 1. The van der Waals surface area contributed by atoms with Crippen LogP contribution in [0.5, 0.6) is 11.8 Å². The molecule has 1 amide bonds. The van der Waals surface area contributed by atoms with Crippen molar-refractivity contribution >= 4 is 41.7 Å². The highest BCUT2D eigenvalue weighted by Gasteiger charge is 2.47. The van der Waals surface area contributed by atoms with E-state index in [4.69, 9.17) is 29.2 Å². The average molecular weight is 821 g/mol. The van der Waals surface area contributed by atoms with E-state index < -0.39 is 20.0 Å². The number of carboxylic acid groups (broad SMARTS) is 1. The van der Waals surface area contributed by atoms with Gasteiger partial charge in [0.1, 0.15) is 37.5 Å². The molecule has 312 valence electrons. The highest BCUT2D eigenvalue weighted by atomic mass is 28.3. The minimum atomic E-state index is -2.12. The van der Waals surface area contributed by atoms with Gasteiger partial charge in [0.15, 0.2) is 12.6 Å². The lowest BCUT2D eigenvalue weighted by atomic mass is 9.94. The number of halogens is 1. The van der Waals surface area contributed by atoms with E-state index in [1.807, 2.05) is 30.3 Å². The van der Waals surface area contributed by atoms with Gasteiger partial charge in [0, 0.05) is 49.5 Å². The molecule has 4 aromatic rings. The summed E-state index contributed by atoms with van der Waals surface area (Å²) in [7, 11) is -0.556. The number of methoxy groups -OCH3 is 1. The van der Waals surface area contributed by atoms with E-state index in [0.717, 1.165) is 61.5 Å². The van der Waals surface area contributed by atoms with E-state index in [9.17, 15) is 9.90 Å². The number of nitrogens with zero attached hydrogens (tertiary/aromatic N) is 6. The standard InChI is InChI=1S/C46H57FN6O5Si/c1-28(2)59(29(3)4,30(5)6)18-15-32-11-9-12-33-19-36(58-27-56-8)20-37(39(32)33)41-40(47)42-38(22-48-41)43(51-24-34-13-14-35(25-51)53(34)45(54)55)50-44(49-42)57-26-46-16-10-17-52(46)23-31(7)21-46/h9,11-12,19-20,22,28-30,34-35H,7,10,13-14,16-17,21,23-27H2,1-6,8H3,(H,54,55)/t34-,35+,46?. The normalized spacial score (nSPS) is 21.9. The molecule has 0 aliphatic carbocycles. The number of ether oxygens (including phenoxy) is 3. The zero-order valence-corrected chi connectivity index (χ0v) is 36.5. The Bertz CT molecular complexity index is 2330. The van der Waals surface area contributed by atoms with Gasteiger partial charge in [-0.15, -0.1) is 5.54 Å². The SMILES string of the molecule is C=C1CN2CCCC2(COc2nc(N3C[C@H]4CC[C@@H](C3)N4C(=O)O)c3cnc(-c4cc(OCOC)cc5cccc(C#C[Si](C(C)C)(C(C)C)C(C)C)c45)c(F)c3n2)C1. The summed E-state index contributed by atoms with van der Waals surface area (Å²) in [6.45, 7) is 21.1. The Morgan fingerprint density at radius 1 is 1.07 bits per heavy atom. The molecule has 11 nitrogen and oxygen atoms in total. The van der Waals surface area contributed by atoms with Crippen LogP contribution in [-0.4, -0.2) is 108 Å². The second-order valence-electron chi connectivity index (χ2n) is 18.0. The lowest BCUT2D eigenvalue weighted by Crippen LogP contribution is -2.55. The second-order valence-corrected chi connectivity index (χ2v) is 23.6. The number of hydrogen-bond donors (Lipinski definition) is 1. The number of benzene rings is 2. The van der Waals surface area contributed by atoms with Crippen molar-refractivity contribution in [3.8, 4) is 34.5 Å². The maximum atomic E-state index is 17.7. The Hall–Kier alpha value is -4.77. The summed E-state index contributed by atoms with van der Waals surface area (Å²) in [6.07, 6.45) is 5.14. The summed E-state index contributed by atoms with van der Waals surface area (Å²) >= 11 is 0. The van der Waals surface area contributed by atoms with Crippen molar-refractivity contribution in [2.24, 2.45) is 0 Å². The molecule has 4 aliphatic rings. The van der Waals surface area contributed by atoms with Gasteiger partial charge in [-0.2, -0.15) is 9.97 Å². The van der Waals surface area contributed by atoms with Crippen molar-refractivity contribution < 1.29 is 28.5 Å². The lowest BCUT2D eigenvalue weighted by molar-refractivity contribution is 0.0512. The van der Waals surface area contributed by atoms with Gasteiger partial charge in [0.25, 0.3) is 0 Å². The van der Waals surface area contributed by atoms with Gasteiger partial charge in [0.05, 0.1) is 23.0 Å². The fraction of sp³-hybridized carbons (Fsp3) is 0.522. The first-order valence-electron chi connectivity index (χ1n) is 21.1. The molecule has 8 rings (SSSR count). The first-order valence-corrected chi connectivity index (χ1v) is 23.4.